The van der Waals surface area contributed by atoms with Gasteiger partial charge in [-0.1, -0.05) is 0 Å². The Morgan fingerprint density at radius 3 is 2.90 bits per heavy atom. The van der Waals surface area contributed by atoms with Crippen molar-refractivity contribution in [2.45, 2.75) is 6.92 Å². The van der Waals surface area contributed by atoms with Crippen molar-refractivity contribution in [3.05, 3.63) is 21.9 Å². The SMILES string of the molecule is Cc1cc(C#CC#N)cs1. The second-order valence-electron chi connectivity index (χ2n) is 1.81. The summed E-state index contributed by atoms with van der Waals surface area (Å²) in [4.78, 5) is 1.22. The number of rotatable bonds is 0. The van der Waals surface area contributed by atoms with Gasteiger partial charge in [0, 0.05) is 21.7 Å². The van der Waals surface area contributed by atoms with E-state index in [1.807, 2.05) is 18.4 Å². The molecule has 0 aliphatic rings. The first-order chi connectivity index (χ1) is 4.83. The van der Waals surface area contributed by atoms with Crippen molar-refractivity contribution < 1.29 is 0 Å². The highest BCUT2D eigenvalue weighted by atomic mass is 32.1. The van der Waals surface area contributed by atoms with E-state index in [2.05, 4.69) is 11.8 Å². The maximum atomic E-state index is 8.11. The molecule has 1 nitrogen and oxygen atoms in total. The summed E-state index contributed by atoms with van der Waals surface area (Å²) in [7, 11) is 0. The van der Waals surface area contributed by atoms with Crippen LogP contribution in [0.25, 0.3) is 0 Å². The van der Waals surface area contributed by atoms with Crippen LogP contribution in [0.3, 0.4) is 0 Å². The van der Waals surface area contributed by atoms with Crippen molar-refractivity contribution >= 4 is 11.3 Å². The fourth-order valence-corrected chi connectivity index (χ4v) is 1.24. The van der Waals surface area contributed by atoms with E-state index in [1.165, 1.54) is 4.88 Å². The second-order valence-corrected chi connectivity index (χ2v) is 2.92. The average Bonchev–Trinajstić information content (AvgIpc) is 2.31. The molecule has 0 amide bonds. The summed E-state index contributed by atoms with van der Waals surface area (Å²) in [6, 6.07) is 3.74. The molecular weight excluding hydrogens is 142 g/mol. The summed E-state index contributed by atoms with van der Waals surface area (Å²) >= 11 is 1.64. The van der Waals surface area contributed by atoms with Crippen molar-refractivity contribution in [2.24, 2.45) is 0 Å². The van der Waals surface area contributed by atoms with Crippen LogP contribution in [0.2, 0.25) is 0 Å². The standard InChI is InChI=1S/C8H5NS/c1-7-5-8(6-10-7)3-2-4-9/h5-6H,1H3. The molecule has 0 bridgehead atoms. The molecule has 2 heteroatoms. The maximum Gasteiger partial charge on any atom is 0.152 e. The van der Waals surface area contributed by atoms with Crippen LogP contribution in [0.1, 0.15) is 10.4 Å². The third-order valence-electron chi connectivity index (χ3n) is 0.993. The zero-order valence-corrected chi connectivity index (χ0v) is 6.33. The molecule has 0 fully saturated rings. The van der Waals surface area contributed by atoms with Gasteiger partial charge in [-0.25, -0.2) is 0 Å². The zero-order chi connectivity index (χ0) is 7.40. The van der Waals surface area contributed by atoms with E-state index in [4.69, 9.17) is 5.26 Å². The van der Waals surface area contributed by atoms with Crippen LogP contribution in [0.15, 0.2) is 11.4 Å². The van der Waals surface area contributed by atoms with Gasteiger partial charge in [0.1, 0.15) is 0 Å². The predicted molar refractivity (Wildman–Crippen MR) is 41.5 cm³/mol. The summed E-state index contributed by atoms with van der Waals surface area (Å²) < 4.78 is 0. The van der Waals surface area contributed by atoms with Crippen LogP contribution in [0, 0.1) is 30.1 Å². The van der Waals surface area contributed by atoms with Crippen LogP contribution in [0.5, 0.6) is 0 Å². The van der Waals surface area contributed by atoms with Gasteiger partial charge < -0.3 is 0 Å². The van der Waals surface area contributed by atoms with Crippen LogP contribution in [0.4, 0.5) is 0 Å². The number of nitrogens with zero attached hydrogens (tertiary/aromatic N) is 1. The van der Waals surface area contributed by atoms with Gasteiger partial charge in [0.2, 0.25) is 0 Å². The molecule has 0 unspecified atom stereocenters. The number of nitriles is 1. The fraction of sp³-hybridized carbons (Fsp3) is 0.125. The Balaban J connectivity index is 2.89. The summed E-state index contributed by atoms with van der Waals surface area (Å²) in [6.45, 7) is 2.02. The van der Waals surface area contributed by atoms with Gasteiger partial charge in [0.05, 0.1) is 0 Å². The van der Waals surface area contributed by atoms with Crippen LogP contribution in [-0.2, 0) is 0 Å². The number of aryl methyl sites for hydroxylation is 1. The third kappa shape index (κ3) is 1.62. The summed E-state index contributed by atoms with van der Waals surface area (Å²) in [6.07, 6.45) is 0. The molecule has 0 aromatic carbocycles. The minimum atomic E-state index is 0.934. The monoisotopic (exact) mass is 147 g/mol. The molecule has 0 aliphatic carbocycles. The first-order valence-electron chi connectivity index (χ1n) is 2.78. The lowest BCUT2D eigenvalue weighted by molar-refractivity contribution is 1.55. The normalized spacial score (nSPS) is 7.60. The fourth-order valence-electron chi connectivity index (χ4n) is 0.609. The summed E-state index contributed by atoms with van der Waals surface area (Å²) in [5.41, 5.74) is 0.934. The Morgan fingerprint density at radius 1 is 1.60 bits per heavy atom. The van der Waals surface area contributed by atoms with Crippen LogP contribution in [-0.4, -0.2) is 0 Å². The van der Waals surface area contributed by atoms with E-state index in [9.17, 15) is 0 Å². The lowest BCUT2D eigenvalue weighted by atomic mass is 10.3. The predicted octanol–water partition coefficient (Wildman–Crippen LogP) is 1.93. The van der Waals surface area contributed by atoms with Crippen molar-refractivity contribution in [1.82, 2.24) is 0 Å². The van der Waals surface area contributed by atoms with Gasteiger partial charge in [-0.2, -0.15) is 5.26 Å². The Morgan fingerprint density at radius 2 is 2.40 bits per heavy atom. The summed E-state index contributed by atoms with van der Waals surface area (Å²) in [5.74, 6) is 5.05. The molecule has 0 saturated heterocycles. The molecule has 0 atom stereocenters. The quantitative estimate of drug-likeness (QED) is 0.514. The highest BCUT2D eigenvalue weighted by molar-refractivity contribution is 7.10. The van der Waals surface area contributed by atoms with Crippen molar-refractivity contribution in [3.8, 4) is 17.9 Å². The van der Waals surface area contributed by atoms with Crippen molar-refractivity contribution in [3.63, 3.8) is 0 Å². The highest BCUT2D eigenvalue weighted by Crippen LogP contribution is 2.11. The molecule has 0 saturated carbocycles. The molecule has 0 aliphatic heterocycles. The summed E-state index contributed by atoms with van der Waals surface area (Å²) in [5, 5.41) is 10.1. The second kappa shape index (κ2) is 3.06. The molecule has 1 aromatic rings. The lowest BCUT2D eigenvalue weighted by Crippen LogP contribution is -1.61. The molecule has 1 aromatic heterocycles. The van der Waals surface area contributed by atoms with Gasteiger partial charge in [-0.3, -0.25) is 0 Å². The minimum Gasteiger partial charge on any atom is -0.183 e. The van der Waals surface area contributed by atoms with Gasteiger partial charge in [0.15, 0.2) is 6.07 Å². The van der Waals surface area contributed by atoms with E-state index in [0.29, 0.717) is 0 Å². The molecular formula is C8H5NS. The largest absolute Gasteiger partial charge is 0.183 e. The lowest BCUT2D eigenvalue weighted by Gasteiger charge is -1.71. The first kappa shape index (κ1) is 6.86. The molecule has 0 N–H and O–H groups in total. The van der Waals surface area contributed by atoms with E-state index in [1.54, 1.807) is 17.4 Å². The van der Waals surface area contributed by atoms with E-state index in [0.717, 1.165) is 5.56 Å². The molecule has 10 heavy (non-hydrogen) atoms. The first-order valence-corrected chi connectivity index (χ1v) is 3.66. The molecule has 1 heterocycles. The molecule has 48 valence electrons. The Bertz CT molecular complexity index is 319. The zero-order valence-electron chi connectivity index (χ0n) is 5.51. The number of hydrogen-bond donors (Lipinski definition) is 0. The van der Waals surface area contributed by atoms with Crippen molar-refractivity contribution in [1.29, 1.82) is 5.26 Å². The number of hydrogen-bond acceptors (Lipinski definition) is 2. The van der Waals surface area contributed by atoms with Gasteiger partial charge >= 0.3 is 0 Å². The van der Waals surface area contributed by atoms with Crippen LogP contribution < -0.4 is 0 Å². The maximum absolute atomic E-state index is 8.11. The minimum absolute atomic E-state index is 0.934. The third-order valence-corrected chi connectivity index (χ3v) is 1.85. The van der Waals surface area contributed by atoms with Gasteiger partial charge in [-0.15, -0.1) is 11.3 Å². The molecule has 0 spiro atoms. The smallest absolute Gasteiger partial charge is 0.152 e. The highest BCUT2D eigenvalue weighted by Gasteiger charge is 1.88. The van der Waals surface area contributed by atoms with Gasteiger partial charge in [-0.05, 0) is 18.9 Å². The molecule has 1 rings (SSSR count). The topological polar surface area (TPSA) is 23.8 Å². The van der Waals surface area contributed by atoms with E-state index in [-0.39, 0.29) is 0 Å². The average molecular weight is 147 g/mol. The van der Waals surface area contributed by atoms with E-state index < -0.39 is 0 Å². The number of thiophene rings is 1. The van der Waals surface area contributed by atoms with Crippen LogP contribution >= 0.6 is 11.3 Å². The molecule has 0 radical (unpaired) electrons. The Kier molecular flexibility index (Phi) is 2.10. The Hall–Kier alpha value is -1.25. The van der Waals surface area contributed by atoms with E-state index >= 15 is 0 Å². The van der Waals surface area contributed by atoms with Crippen molar-refractivity contribution in [2.75, 3.05) is 0 Å². The Labute approximate surface area is 63.9 Å². The van der Waals surface area contributed by atoms with Gasteiger partial charge in [0.25, 0.3) is 0 Å².